The van der Waals surface area contributed by atoms with Gasteiger partial charge in [-0.2, -0.15) is 0 Å². The Morgan fingerprint density at radius 1 is 1.22 bits per heavy atom. The van der Waals surface area contributed by atoms with Crippen LogP contribution in [0.4, 0.5) is 21.5 Å². The molecule has 0 aliphatic heterocycles. The Bertz CT molecular complexity index is 712. The summed E-state index contributed by atoms with van der Waals surface area (Å²) in [6.07, 6.45) is 1.73. The first-order chi connectivity index (χ1) is 10.9. The van der Waals surface area contributed by atoms with E-state index < -0.39 is 5.82 Å². The third-order valence-corrected chi connectivity index (χ3v) is 3.85. The first-order valence-corrected chi connectivity index (χ1v) is 7.92. The minimum atomic E-state index is -0.411. The number of hydrogen-bond acceptors (Lipinski definition) is 2. The van der Waals surface area contributed by atoms with Crippen LogP contribution in [0.15, 0.2) is 35.3 Å². The average Bonchev–Trinajstić information content (AvgIpc) is 2.47. The smallest absolute Gasteiger partial charge is 0.126 e. The molecule has 0 fully saturated rings. The molecule has 122 valence electrons. The van der Waals surface area contributed by atoms with Crippen molar-refractivity contribution in [3.63, 3.8) is 0 Å². The van der Waals surface area contributed by atoms with E-state index in [1.165, 1.54) is 12.1 Å². The zero-order valence-electron chi connectivity index (χ0n) is 13.2. The third-order valence-electron chi connectivity index (χ3n) is 3.23. The van der Waals surface area contributed by atoms with Crippen molar-refractivity contribution in [2.45, 2.75) is 13.8 Å². The second-order valence-corrected chi connectivity index (χ2v) is 6.06. The van der Waals surface area contributed by atoms with Crippen LogP contribution >= 0.6 is 23.2 Å². The molecule has 23 heavy (non-hydrogen) atoms. The van der Waals surface area contributed by atoms with E-state index in [0.29, 0.717) is 27.1 Å². The fraction of sp³-hybridized carbons (Fsp3) is 0.235. The molecule has 0 amide bonds. The minimum absolute atomic E-state index is 0.319. The van der Waals surface area contributed by atoms with Crippen molar-refractivity contribution in [3.8, 4) is 0 Å². The molecule has 0 atom stereocenters. The van der Waals surface area contributed by atoms with Crippen molar-refractivity contribution in [1.29, 1.82) is 0 Å². The summed E-state index contributed by atoms with van der Waals surface area (Å²) in [7, 11) is 1.93. The largest absolute Gasteiger partial charge is 0.366 e. The molecule has 0 saturated carbocycles. The molecule has 0 spiro atoms. The number of anilines is 2. The number of nitrogens with zero attached hydrogens (tertiary/aromatic N) is 2. The Morgan fingerprint density at radius 3 is 2.61 bits per heavy atom. The lowest BCUT2D eigenvalue weighted by atomic mass is 10.2. The van der Waals surface area contributed by atoms with E-state index in [2.05, 4.69) is 10.3 Å². The quantitative estimate of drug-likeness (QED) is 0.543. The van der Waals surface area contributed by atoms with E-state index >= 15 is 0 Å². The number of halogens is 3. The average molecular weight is 354 g/mol. The van der Waals surface area contributed by atoms with Gasteiger partial charge in [-0.3, -0.25) is 0 Å². The van der Waals surface area contributed by atoms with Gasteiger partial charge in [-0.1, -0.05) is 23.2 Å². The van der Waals surface area contributed by atoms with Gasteiger partial charge in [0.15, 0.2) is 0 Å². The zero-order valence-corrected chi connectivity index (χ0v) is 14.7. The van der Waals surface area contributed by atoms with Gasteiger partial charge in [0.25, 0.3) is 0 Å². The second-order valence-electron chi connectivity index (χ2n) is 5.25. The van der Waals surface area contributed by atoms with Gasteiger partial charge >= 0.3 is 0 Å². The molecule has 2 rings (SSSR count). The lowest BCUT2D eigenvalue weighted by Crippen LogP contribution is -2.14. The molecule has 0 aliphatic rings. The highest BCUT2D eigenvalue weighted by atomic mass is 35.5. The Morgan fingerprint density at radius 2 is 1.96 bits per heavy atom. The van der Waals surface area contributed by atoms with Gasteiger partial charge in [-0.25, -0.2) is 9.38 Å². The van der Waals surface area contributed by atoms with Gasteiger partial charge in [0.05, 0.1) is 22.7 Å². The van der Waals surface area contributed by atoms with Gasteiger partial charge in [-0.15, -0.1) is 0 Å². The van der Waals surface area contributed by atoms with Gasteiger partial charge in [-0.05, 0) is 49.7 Å². The van der Waals surface area contributed by atoms with E-state index in [1.807, 2.05) is 37.9 Å². The SMILES string of the molecule is CCN(C)/C=N\c1cc(C)cc(Nc2cc(F)cc(Cl)c2)c1Cl. The molecule has 2 aromatic rings. The number of hydrogen-bond donors (Lipinski definition) is 1. The number of nitrogens with one attached hydrogen (secondary N) is 1. The monoisotopic (exact) mass is 353 g/mol. The van der Waals surface area contributed by atoms with E-state index in [9.17, 15) is 4.39 Å². The molecule has 0 bridgehead atoms. The van der Waals surface area contributed by atoms with Crippen LogP contribution in [0, 0.1) is 12.7 Å². The molecule has 0 saturated heterocycles. The fourth-order valence-corrected chi connectivity index (χ4v) is 2.39. The molecule has 2 aromatic carbocycles. The van der Waals surface area contributed by atoms with Crippen molar-refractivity contribution >= 4 is 46.6 Å². The third kappa shape index (κ3) is 4.85. The standard InChI is InChI=1S/C17H18Cl2FN3/c1-4-23(3)10-21-15-5-11(2)6-16(17(15)19)22-14-8-12(18)7-13(20)9-14/h5-10,22H,4H2,1-3H3/b21-10-. The van der Waals surface area contributed by atoms with Crippen molar-refractivity contribution in [2.75, 3.05) is 18.9 Å². The normalized spacial score (nSPS) is 11.0. The van der Waals surface area contributed by atoms with Crippen molar-refractivity contribution in [1.82, 2.24) is 4.90 Å². The summed E-state index contributed by atoms with van der Waals surface area (Å²) < 4.78 is 13.5. The predicted octanol–water partition coefficient (Wildman–Crippen LogP) is 5.80. The lowest BCUT2D eigenvalue weighted by molar-refractivity contribution is 0.552. The number of rotatable bonds is 5. The predicted molar refractivity (Wildman–Crippen MR) is 97.3 cm³/mol. The summed E-state index contributed by atoms with van der Waals surface area (Å²) in [6, 6.07) is 8.02. The fourth-order valence-electron chi connectivity index (χ4n) is 1.96. The van der Waals surface area contributed by atoms with Crippen molar-refractivity contribution in [3.05, 3.63) is 51.8 Å². The molecule has 1 N–H and O–H groups in total. The summed E-state index contributed by atoms with van der Waals surface area (Å²) in [4.78, 5) is 6.35. The Kier molecular flexibility index (Phi) is 5.85. The van der Waals surface area contributed by atoms with Crippen molar-refractivity contribution in [2.24, 2.45) is 4.99 Å². The topological polar surface area (TPSA) is 27.6 Å². The van der Waals surface area contributed by atoms with Crippen LogP contribution in [0.2, 0.25) is 10.0 Å². The summed E-state index contributed by atoms with van der Waals surface area (Å²) >= 11 is 12.3. The van der Waals surface area contributed by atoms with Gasteiger partial charge in [0.1, 0.15) is 5.82 Å². The first kappa shape index (κ1) is 17.6. The van der Waals surface area contributed by atoms with Crippen LogP contribution in [0.1, 0.15) is 12.5 Å². The molecular weight excluding hydrogens is 336 g/mol. The maximum Gasteiger partial charge on any atom is 0.126 e. The molecule has 0 aliphatic carbocycles. The van der Waals surface area contributed by atoms with Crippen LogP contribution < -0.4 is 5.32 Å². The summed E-state index contributed by atoms with van der Waals surface area (Å²) in [5, 5.41) is 3.88. The van der Waals surface area contributed by atoms with Gasteiger partial charge in [0, 0.05) is 24.3 Å². The van der Waals surface area contributed by atoms with E-state index in [-0.39, 0.29) is 0 Å². The molecular formula is C17H18Cl2FN3. The molecule has 0 radical (unpaired) electrons. The van der Waals surface area contributed by atoms with Gasteiger partial charge < -0.3 is 10.2 Å². The Hall–Kier alpha value is -1.78. The maximum atomic E-state index is 13.5. The van der Waals surface area contributed by atoms with E-state index in [0.717, 1.165) is 12.1 Å². The molecule has 0 aromatic heterocycles. The Labute approximate surface area is 145 Å². The molecule has 3 nitrogen and oxygen atoms in total. The van der Waals surface area contributed by atoms with E-state index in [4.69, 9.17) is 23.2 Å². The minimum Gasteiger partial charge on any atom is -0.366 e. The second kappa shape index (κ2) is 7.66. The lowest BCUT2D eigenvalue weighted by Gasteiger charge is -2.13. The van der Waals surface area contributed by atoms with E-state index in [1.54, 1.807) is 12.4 Å². The first-order valence-electron chi connectivity index (χ1n) is 7.16. The number of aliphatic imine (C=N–C) groups is 1. The molecule has 0 unspecified atom stereocenters. The summed E-state index contributed by atoms with van der Waals surface area (Å²) in [6.45, 7) is 4.83. The highest BCUT2D eigenvalue weighted by molar-refractivity contribution is 6.36. The summed E-state index contributed by atoms with van der Waals surface area (Å²) in [5.74, 6) is -0.411. The van der Waals surface area contributed by atoms with Crippen LogP contribution in [0.25, 0.3) is 0 Å². The zero-order chi connectivity index (χ0) is 17.0. The number of benzene rings is 2. The van der Waals surface area contributed by atoms with Crippen LogP contribution in [-0.2, 0) is 0 Å². The molecule has 6 heteroatoms. The van der Waals surface area contributed by atoms with Crippen LogP contribution in [-0.4, -0.2) is 24.8 Å². The van der Waals surface area contributed by atoms with Crippen molar-refractivity contribution < 1.29 is 4.39 Å². The Balaban J connectivity index is 2.35. The van der Waals surface area contributed by atoms with Crippen LogP contribution in [0.5, 0.6) is 0 Å². The highest BCUT2D eigenvalue weighted by Crippen LogP contribution is 2.36. The maximum absolute atomic E-state index is 13.5. The van der Waals surface area contributed by atoms with Gasteiger partial charge in [0.2, 0.25) is 0 Å². The molecule has 0 heterocycles. The summed E-state index contributed by atoms with van der Waals surface area (Å²) in [5.41, 5.74) is 2.82. The highest BCUT2D eigenvalue weighted by Gasteiger charge is 2.09. The van der Waals surface area contributed by atoms with Crippen LogP contribution in [0.3, 0.4) is 0 Å². The number of aryl methyl sites for hydroxylation is 1.